The molecule has 3 aromatic heterocycles. The maximum Gasteiger partial charge on any atom is 0.435 e. The van der Waals surface area contributed by atoms with E-state index < -0.39 is 117 Å². The Morgan fingerprint density at radius 2 is 1.70 bits per heavy atom. The second-order valence-electron chi connectivity index (χ2n) is 15.8. The number of benzene rings is 2. The van der Waals surface area contributed by atoms with Crippen molar-refractivity contribution < 1.29 is 57.8 Å². The van der Waals surface area contributed by atoms with Crippen molar-refractivity contribution in [3.8, 4) is 23.0 Å². The first kappa shape index (κ1) is 41.8. The maximum absolute atomic E-state index is 15.4. The molecule has 2 fully saturated rings. The lowest BCUT2D eigenvalue weighted by Gasteiger charge is -2.39. The van der Waals surface area contributed by atoms with Gasteiger partial charge < -0.3 is 5.11 Å². The van der Waals surface area contributed by atoms with Crippen LogP contribution in [0.5, 0.6) is 0 Å². The van der Waals surface area contributed by atoms with Crippen LogP contribution in [0.1, 0.15) is 77.1 Å². The normalized spacial score (nSPS) is 20.2. The summed E-state index contributed by atoms with van der Waals surface area (Å²) in [5, 5.41) is 18.7. The van der Waals surface area contributed by atoms with Gasteiger partial charge in [-0.2, -0.15) is 32.1 Å². The van der Waals surface area contributed by atoms with Crippen molar-refractivity contribution in [2.75, 3.05) is 6.26 Å². The van der Waals surface area contributed by atoms with Crippen molar-refractivity contribution in [3.05, 3.63) is 98.7 Å². The molecule has 5 aromatic rings. The summed E-state index contributed by atoms with van der Waals surface area (Å²) in [6.45, 7) is -1.04. The summed E-state index contributed by atoms with van der Waals surface area (Å²) in [6.07, 6.45) is -7.24. The third-order valence-corrected chi connectivity index (χ3v) is 12.1. The number of aliphatic hydroxyl groups is 1. The van der Waals surface area contributed by atoms with E-state index in [1.54, 1.807) is 0 Å². The molecule has 8 rings (SSSR count). The molecule has 3 aliphatic carbocycles. The van der Waals surface area contributed by atoms with Gasteiger partial charge in [0, 0.05) is 59.7 Å². The minimum atomic E-state index is -5.10. The lowest BCUT2D eigenvalue weighted by Crippen LogP contribution is -2.50. The molecule has 60 heavy (non-hydrogen) atoms. The van der Waals surface area contributed by atoms with E-state index >= 15 is 8.78 Å². The van der Waals surface area contributed by atoms with Gasteiger partial charge in [0.05, 0.1) is 40.5 Å². The zero-order valence-electron chi connectivity index (χ0n) is 31.3. The van der Waals surface area contributed by atoms with Gasteiger partial charge in [-0.3, -0.25) is 14.2 Å². The molecular weight excluding hydrogens is 853 g/mol. The van der Waals surface area contributed by atoms with E-state index in [1.807, 2.05) is 0 Å². The summed E-state index contributed by atoms with van der Waals surface area (Å²) in [7, 11) is -2.14. The average Bonchev–Trinajstić information content (AvgIpc) is 3.64. The first-order chi connectivity index (χ1) is 27.8. The van der Waals surface area contributed by atoms with E-state index in [0.717, 1.165) is 18.4 Å². The Morgan fingerprint density at radius 1 is 1.03 bits per heavy atom. The fraction of sp³-hybridized carbons (Fsp3) is 0.400. The summed E-state index contributed by atoms with van der Waals surface area (Å²) in [6, 6.07) is 8.34. The lowest BCUT2D eigenvalue weighted by atomic mass is 9.77. The summed E-state index contributed by atoms with van der Waals surface area (Å²) in [5.41, 5.74) is -4.53. The summed E-state index contributed by atoms with van der Waals surface area (Å²) < 4.78 is 156. The van der Waals surface area contributed by atoms with Crippen LogP contribution < -0.4 is 0 Å². The van der Waals surface area contributed by atoms with Gasteiger partial charge in [-0.1, -0.05) is 23.6 Å². The van der Waals surface area contributed by atoms with Crippen LogP contribution in [0.2, 0.25) is 5.02 Å². The number of ketones is 1. The molecule has 0 bridgehead atoms. The van der Waals surface area contributed by atoms with Gasteiger partial charge in [0.1, 0.15) is 35.2 Å². The number of halogens is 10. The predicted molar refractivity (Wildman–Crippen MR) is 198 cm³/mol. The lowest BCUT2D eigenvalue weighted by molar-refractivity contribution is -0.176. The number of carbonyl (C=O) groups excluding carboxylic acids is 1. The van der Waals surface area contributed by atoms with Crippen LogP contribution in [0.4, 0.5) is 39.5 Å². The molecule has 0 aliphatic heterocycles. The number of sulfone groups is 1. The number of Topliss-reactive ketones (excluding diaryl/α,β-unsaturated/α-hetero) is 1. The molecule has 0 amide bonds. The van der Waals surface area contributed by atoms with Crippen molar-refractivity contribution in [2.24, 2.45) is 13.0 Å². The number of alkyl halides is 7. The average molecular weight is 884 g/mol. The van der Waals surface area contributed by atoms with E-state index in [-0.39, 0.29) is 57.0 Å². The second kappa shape index (κ2) is 14.1. The Hall–Kier alpha value is -4.93. The summed E-state index contributed by atoms with van der Waals surface area (Å²) in [5.74, 6) is -9.01. The van der Waals surface area contributed by atoms with Gasteiger partial charge in [0.15, 0.2) is 21.3 Å². The fourth-order valence-corrected chi connectivity index (χ4v) is 9.52. The summed E-state index contributed by atoms with van der Waals surface area (Å²) >= 11 is 6.59. The van der Waals surface area contributed by atoms with Crippen LogP contribution in [0, 0.1) is 29.4 Å². The standard InChI is InChI=1S/C40H31ClF9N5O4S/c1-54-34-26(5-6-29(41)32(34)30(52-54)16-60(2,58)59)25-4-3-23(7-8-37(57)17-38(44,45)18-37)51-33(25)20(9-19-10-21(42)13-22(43)11-19)12-24(56)15-55-36-31(35(53-55)40(48,49)50)27-14-28(27)39(36,46)47/h3-6,10-11,13,20,27-28,57H,9,12,14-18H2,1-2H3/t20-,27+,28-/m1/s1. The van der Waals surface area contributed by atoms with Crippen LogP contribution in [0.25, 0.3) is 22.0 Å². The molecule has 1 N–H and O–H groups in total. The minimum Gasteiger partial charge on any atom is -0.377 e. The number of hydrogen-bond donors (Lipinski definition) is 1. The molecule has 316 valence electrons. The Balaban J connectivity index is 1.28. The molecular formula is C40H31ClF9N5O4S. The second-order valence-corrected chi connectivity index (χ2v) is 18.4. The first-order valence-electron chi connectivity index (χ1n) is 18.3. The molecule has 0 radical (unpaired) electrons. The molecule has 2 saturated carbocycles. The van der Waals surface area contributed by atoms with Crippen molar-refractivity contribution in [2.45, 2.75) is 79.9 Å². The van der Waals surface area contributed by atoms with Gasteiger partial charge in [0.2, 0.25) is 0 Å². The zero-order chi connectivity index (χ0) is 43.5. The van der Waals surface area contributed by atoms with Crippen LogP contribution in [0.3, 0.4) is 0 Å². The van der Waals surface area contributed by atoms with Crippen LogP contribution in [-0.2, 0) is 52.5 Å². The van der Waals surface area contributed by atoms with Crippen molar-refractivity contribution in [1.82, 2.24) is 24.5 Å². The molecule has 20 heteroatoms. The highest BCUT2D eigenvalue weighted by Gasteiger charge is 2.68. The van der Waals surface area contributed by atoms with E-state index in [2.05, 4.69) is 27.0 Å². The SMILES string of the molecule is Cn1nc(CS(C)(=O)=O)c2c(Cl)ccc(-c3ccc(C#CC4(O)CC(F)(F)C4)nc3[C@@H](CC(=O)Cn3nc(C(F)(F)F)c4c3C(F)(F)[C@@H]3C[C@H]43)Cc3cc(F)cc(F)c3)c21. The van der Waals surface area contributed by atoms with Crippen molar-refractivity contribution in [1.29, 1.82) is 0 Å². The topological polar surface area (TPSA) is 120 Å². The Bertz CT molecular complexity index is 2780. The highest BCUT2D eigenvalue weighted by molar-refractivity contribution is 7.89. The van der Waals surface area contributed by atoms with E-state index in [9.17, 15) is 49.1 Å². The third kappa shape index (κ3) is 7.77. The molecule has 0 saturated heterocycles. The fourth-order valence-electron chi connectivity index (χ4n) is 8.56. The Labute approximate surface area is 340 Å². The first-order valence-corrected chi connectivity index (χ1v) is 20.8. The monoisotopic (exact) mass is 883 g/mol. The number of pyridine rings is 1. The molecule has 3 atom stereocenters. The molecule has 9 nitrogen and oxygen atoms in total. The van der Waals surface area contributed by atoms with Gasteiger partial charge in [-0.25, -0.2) is 31.0 Å². The Morgan fingerprint density at radius 3 is 2.33 bits per heavy atom. The molecule has 3 heterocycles. The number of aryl methyl sites for hydroxylation is 1. The quantitative estimate of drug-likeness (QED) is 0.111. The molecule has 3 aliphatic rings. The van der Waals surface area contributed by atoms with Crippen LogP contribution >= 0.6 is 11.6 Å². The Kier molecular flexibility index (Phi) is 9.79. The molecule has 0 unspecified atom stereocenters. The van der Waals surface area contributed by atoms with Gasteiger partial charge >= 0.3 is 6.18 Å². The van der Waals surface area contributed by atoms with Crippen LogP contribution in [0.15, 0.2) is 42.5 Å². The molecule has 0 spiro atoms. The number of rotatable bonds is 10. The highest BCUT2D eigenvalue weighted by atomic mass is 35.5. The third-order valence-electron chi connectivity index (χ3n) is 10.9. The minimum absolute atomic E-state index is 0.0104. The number of fused-ring (bicyclic) bond motifs is 4. The number of nitrogens with zero attached hydrogens (tertiary/aromatic N) is 5. The van der Waals surface area contributed by atoms with E-state index in [4.69, 9.17) is 11.6 Å². The zero-order valence-corrected chi connectivity index (χ0v) is 32.9. The molecule has 2 aromatic carbocycles. The van der Waals surface area contributed by atoms with Gasteiger partial charge in [-0.15, -0.1) is 0 Å². The number of carbonyl (C=O) groups is 1. The highest BCUT2D eigenvalue weighted by Crippen LogP contribution is 2.68. The maximum atomic E-state index is 15.4. The van der Waals surface area contributed by atoms with Gasteiger partial charge in [0.25, 0.3) is 11.8 Å². The van der Waals surface area contributed by atoms with E-state index in [0.29, 0.717) is 16.3 Å². The smallest absolute Gasteiger partial charge is 0.377 e. The number of aromatic nitrogens is 5. The van der Waals surface area contributed by atoms with Crippen molar-refractivity contribution >= 4 is 38.1 Å². The van der Waals surface area contributed by atoms with Crippen LogP contribution in [-0.4, -0.2) is 61.6 Å². The van der Waals surface area contributed by atoms with Crippen molar-refractivity contribution in [3.63, 3.8) is 0 Å². The largest absolute Gasteiger partial charge is 0.435 e. The predicted octanol–water partition coefficient (Wildman–Crippen LogP) is 8.03. The van der Waals surface area contributed by atoms with Gasteiger partial charge in [-0.05, 0) is 60.6 Å². The summed E-state index contributed by atoms with van der Waals surface area (Å²) in [4.78, 5) is 18.7. The number of hydrogen-bond acceptors (Lipinski definition) is 7. The van der Waals surface area contributed by atoms with E-state index in [1.165, 1.54) is 36.0 Å².